The fourth-order valence-electron chi connectivity index (χ4n) is 2.81. The Morgan fingerprint density at radius 2 is 2.15 bits per heavy atom. The van der Waals surface area contributed by atoms with Crippen LogP contribution in [-0.4, -0.2) is 39.6 Å². The number of rotatable bonds is 8. The Morgan fingerprint density at radius 1 is 1.44 bits per heavy atom. The van der Waals surface area contributed by atoms with Crippen LogP contribution in [0.4, 0.5) is 0 Å². The Balaban J connectivity index is 2.25. The molecule has 0 aliphatic carbocycles. The number of fused-ring (bicyclic) bond motifs is 1. The second kappa shape index (κ2) is 9.38. The van der Waals surface area contributed by atoms with Gasteiger partial charge in [0.25, 0.3) is 5.56 Å². The van der Waals surface area contributed by atoms with Gasteiger partial charge in [0.2, 0.25) is 5.91 Å². The molecule has 0 aromatic carbocycles. The molecule has 27 heavy (non-hydrogen) atoms. The maximum atomic E-state index is 12.7. The minimum atomic E-state index is -0.394. The van der Waals surface area contributed by atoms with Crippen molar-refractivity contribution in [2.24, 2.45) is 5.92 Å². The van der Waals surface area contributed by atoms with Gasteiger partial charge in [0.15, 0.2) is 5.16 Å². The number of thioether (sulfide) groups is 1. The summed E-state index contributed by atoms with van der Waals surface area (Å²) < 4.78 is 0. The highest BCUT2D eigenvalue weighted by molar-refractivity contribution is 8.00. The van der Waals surface area contributed by atoms with Crippen LogP contribution < -0.4 is 5.56 Å². The number of hydrogen-bond donors (Lipinski definition) is 1. The van der Waals surface area contributed by atoms with Gasteiger partial charge < -0.3 is 9.88 Å². The fraction of sp³-hybridized carbons (Fsp3) is 0.579. The summed E-state index contributed by atoms with van der Waals surface area (Å²) >= 11 is 2.78. The molecule has 8 heteroatoms. The number of hydrogen-bond acceptors (Lipinski definition) is 6. The van der Waals surface area contributed by atoms with Crippen LogP contribution in [0.15, 0.2) is 9.95 Å². The minimum Gasteiger partial charge on any atom is -0.344 e. The number of amides is 1. The first kappa shape index (κ1) is 21.5. The molecular weight excluding hydrogens is 380 g/mol. The highest BCUT2D eigenvalue weighted by atomic mass is 32.2. The van der Waals surface area contributed by atoms with Gasteiger partial charge in [-0.3, -0.25) is 9.59 Å². The van der Waals surface area contributed by atoms with Crippen LogP contribution in [0, 0.1) is 24.2 Å². The molecule has 0 aliphatic rings. The van der Waals surface area contributed by atoms with Crippen molar-refractivity contribution in [3.05, 3.63) is 20.8 Å². The van der Waals surface area contributed by atoms with Gasteiger partial charge in [-0.1, -0.05) is 32.0 Å². The number of aromatic nitrogens is 2. The average molecular weight is 407 g/mol. The predicted molar refractivity (Wildman–Crippen MR) is 111 cm³/mol. The number of carbonyl (C=O) groups is 1. The lowest BCUT2D eigenvalue weighted by molar-refractivity contribution is -0.128. The molecule has 2 atom stereocenters. The van der Waals surface area contributed by atoms with Crippen LogP contribution in [0.2, 0.25) is 0 Å². The third-order valence-electron chi connectivity index (χ3n) is 4.66. The smallest absolute Gasteiger partial charge is 0.260 e. The summed E-state index contributed by atoms with van der Waals surface area (Å²) in [4.78, 5) is 35.9. The molecule has 1 N–H and O–H groups in total. The lowest BCUT2D eigenvalue weighted by atomic mass is 9.98. The van der Waals surface area contributed by atoms with Crippen LogP contribution in [-0.2, 0) is 11.2 Å². The third kappa shape index (κ3) is 5.11. The molecule has 0 fully saturated rings. The minimum absolute atomic E-state index is 0.0854. The SMILES string of the molecule is CC[C@H](C)Cc1c(C)sc2nc(S[C@H](C)C(=O)N(C)CCC#N)[nH]c(=O)c12. The molecule has 0 bridgehead atoms. The van der Waals surface area contributed by atoms with Gasteiger partial charge in [-0.15, -0.1) is 11.3 Å². The number of nitrogens with one attached hydrogen (secondary N) is 1. The van der Waals surface area contributed by atoms with Crippen molar-refractivity contribution >= 4 is 39.2 Å². The van der Waals surface area contributed by atoms with E-state index in [2.05, 4.69) is 23.8 Å². The zero-order chi connectivity index (χ0) is 20.1. The largest absolute Gasteiger partial charge is 0.344 e. The van der Waals surface area contributed by atoms with Crippen molar-refractivity contribution in [1.82, 2.24) is 14.9 Å². The van der Waals surface area contributed by atoms with Gasteiger partial charge in [-0.2, -0.15) is 5.26 Å². The Labute approximate surface area is 168 Å². The molecule has 0 saturated carbocycles. The number of H-pyrrole nitrogens is 1. The van der Waals surface area contributed by atoms with E-state index in [1.807, 2.05) is 13.0 Å². The zero-order valence-electron chi connectivity index (χ0n) is 16.5. The van der Waals surface area contributed by atoms with E-state index < -0.39 is 5.25 Å². The molecule has 0 spiro atoms. The molecule has 0 aliphatic heterocycles. The topological polar surface area (TPSA) is 89.8 Å². The third-order valence-corrected chi connectivity index (χ3v) is 6.68. The molecule has 146 valence electrons. The second-order valence-corrected chi connectivity index (χ2v) is 9.37. The van der Waals surface area contributed by atoms with Gasteiger partial charge in [0.05, 0.1) is 23.1 Å². The van der Waals surface area contributed by atoms with Crippen molar-refractivity contribution in [1.29, 1.82) is 5.26 Å². The van der Waals surface area contributed by atoms with Gasteiger partial charge in [0, 0.05) is 18.5 Å². The number of nitrogens with zero attached hydrogens (tertiary/aromatic N) is 3. The first-order valence-electron chi connectivity index (χ1n) is 9.09. The molecule has 0 unspecified atom stereocenters. The van der Waals surface area contributed by atoms with Gasteiger partial charge in [-0.25, -0.2) is 4.98 Å². The van der Waals surface area contributed by atoms with E-state index in [1.165, 1.54) is 28.0 Å². The van der Waals surface area contributed by atoms with Crippen molar-refractivity contribution < 1.29 is 4.79 Å². The summed E-state index contributed by atoms with van der Waals surface area (Å²) in [6.07, 6.45) is 2.24. The maximum Gasteiger partial charge on any atom is 0.260 e. The van der Waals surface area contributed by atoms with Crippen LogP contribution in [0.5, 0.6) is 0 Å². The highest BCUT2D eigenvalue weighted by Gasteiger charge is 2.21. The summed E-state index contributed by atoms with van der Waals surface area (Å²) in [7, 11) is 1.68. The number of aryl methyl sites for hydroxylation is 1. The molecule has 2 aromatic rings. The number of nitriles is 1. The summed E-state index contributed by atoms with van der Waals surface area (Å²) in [5, 5.41) is 9.41. The molecule has 0 saturated heterocycles. The lowest BCUT2D eigenvalue weighted by Gasteiger charge is -2.19. The Bertz CT molecular complexity index is 913. The maximum absolute atomic E-state index is 12.7. The van der Waals surface area contributed by atoms with E-state index in [4.69, 9.17) is 5.26 Å². The average Bonchev–Trinajstić information content (AvgIpc) is 2.94. The van der Waals surface area contributed by atoms with Gasteiger partial charge in [-0.05, 0) is 31.7 Å². The lowest BCUT2D eigenvalue weighted by Crippen LogP contribution is -2.34. The predicted octanol–water partition coefficient (Wildman–Crippen LogP) is 3.73. The zero-order valence-corrected chi connectivity index (χ0v) is 18.1. The van der Waals surface area contributed by atoms with E-state index in [9.17, 15) is 9.59 Å². The molecule has 2 rings (SSSR count). The summed E-state index contributed by atoms with van der Waals surface area (Å²) in [6.45, 7) is 8.55. The number of aromatic amines is 1. The van der Waals surface area contributed by atoms with Crippen LogP contribution >= 0.6 is 23.1 Å². The summed E-state index contributed by atoms with van der Waals surface area (Å²) in [5.41, 5.74) is 0.956. The van der Waals surface area contributed by atoms with Gasteiger partial charge >= 0.3 is 0 Å². The van der Waals surface area contributed by atoms with Crippen molar-refractivity contribution in [3.63, 3.8) is 0 Å². The van der Waals surface area contributed by atoms with Gasteiger partial charge in [0.1, 0.15) is 4.83 Å². The van der Waals surface area contributed by atoms with E-state index >= 15 is 0 Å². The molecule has 2 heterocycles. The van der Waals surface area contributed by atoms with Crippen molar-refractivity contribution in [3.8, 4) is 6.07 Å². The van der Waals surface area contributed by atoms with E-state index in [1.54, 1.807) is 14.0 Å². The monoisotopic (exact) mass is 406 g/mol. The number of thiophene rings is 1. The van der Waals surface area contributed by atoms with E-state index in [0.29, 0.717) is 29.4 Å². The summed E-state index contributed by atoms with van der Waals surface area (Å²) in [5.74, 6) is 0.425. The normalized spacial score (nSPS) is 13.3. The molecule has 6 nitrogen and oxygen atoms in total. The van der Waals surface area contributed by atoms with E-state index in [0.717, 1.165) is 28.1 Å². The second-order valence-electron chi connectivity index (χ2n) is 6.83. The quantitative estimate of drug-likeness (QED) is 0.533. The standard InChI is InChI=1S/C19H26N4O2S2/c1-6-11(2)10-14-12(3)26-17-15(14)16(24)21-19(22-17)27-13(4)18(25)23(5)9-7-8-20/h11,13H,6-7,9-10H2,1-5H3,(H,21,22,24)/t11-,13+/m0/s1. The molecule has 2 aromatic heterocycles. The molecule has 1 amide bonds. The van der Waals surface area contributed by atoms with Crippen LogP contribution in [0.3, 0.4) is 0 Å². The highest BCUT2D eigenvalue weighted by Crippen LogP contribution is 2.31. The Kier molecular flexibility index (Phi) is 7.45. The Hall–Kier alpha value is -1.85. The van der Waals surface area contributed by atoms with Crippen LogP contribution in [0.25, 0.3) is 10.2 Å². The van der Waals surface area contributed by atoms with E-state index in [-0.39, 0.29) is 11.5 Å². The summed E-state index contributed by atoms with van der Waals surface area (Å²) in [6, 6.07) is 2.04. The number of carbonyl (C=O) groups excluding carboxylic acids is 1. The first-order valence-corrected chi connectivity index (χ1v) is 10.8. The molecular formula is C19H26N4O2S2. The van der Waals surface area contributed by atoms with Crippen LogP contribution in [0.1, 0.15) is 44.1 Å². The van der Waals surface area contributed by atoms with Crippen molar-refractivity contribution in [2.75, 3.05) is 13.6 Å². The molecule has 0 radical (unpaired) electrons. The first-order chi connectivity index (χ1) is 12.8. The Morgan fingerprint density at radius 3 is 2.78 bits per heavy atom. The van der Waals surface area contributed by atoms with Crippen molar-refractivity contribution in [2.45, 2.75) is 57.4 Å². The fourth-order valence-corrected chi connectivity index (χ4v) is 4.83.